The lowest BCUT2D eigenvalue weighted by Gasteiger charge is -2.32. The summed E-state index contributed by atoms with van der Waals surface area (Å²) in [4.78, 5) is 7.04. The standard InChI is InChI=1S/C13H18BrN3/c14-10-4-3-7-15-13(10)16-11-6-9-17-8-2-1-5-12(11)17/h3-4,7,11-12H,1-2,5-6,8-9H2,(H,15,16). The lowest BCUT2D eigenvalue weighted by molar-refractivity contribution is 0.192. The Balaban J connectivity index is 1.71. The quantitative estimate of drug-likeness (QED) is 0.909. The summed E-state index contributed by atoms with van der Waals surface area (Å²) in [6.45, 7) is 2.53. The van der Waals surface area contributed by atoms with Gasteiger partial charge in [0.2, 0.25) is 0 Å². The third-order valence-electron chi connectivity index (χ3n) is 3.94. The van der Waals surface area contributed by atoms with Gasteiger partial charge >= 0.3 is 0 Å². The molecule has 4 heteroatoms. The smallest absolute Gasteiger partial charge is 0.140 e. The van der Waals surface area contributed by atoms with E-state index in [4.69, 9.17) is 0 Å². The third kappa shape index (κ3) is 2.33. The van der Waals surface area contributed by atoms with Crippen LogP contribution in [0.15, 0.2) is 22.8 Å². The Morgan fingerprint density at radius 3 is 3.12 bits per heavy atom. The number of anilines is 1. The molecule has 2 aliphatic heterocycles. The second kappa shape index (κ2) is 4.94. The van der Waals surface area contributed by atoms with Gasteiger partial charge in [0.15, 0.2) is 0 Å². The van der Waals surface area contributed by atoms with Crippen LogP contribution in [-0.4, -0.2) is 35.1 Å². The summed E-state index contributed by atoms with van der Waals surface area (Å²) < 4.78 is 1.06. The molecule has 0 amide bonds. The van der Waals surface area contributed by atoms with E-state index >= 15 is 0 Å². The maximum absolute atomic E-state index is 4.40. The van der Waals surface area contributed by atoms with E-state index in [9.17, 15) is 0 Å². The minimum Gasteiger partial charge on any atom is -0.365 e. The summed E-state index contributed by atoms with van der Waals surface area (Å²) in [5.74, 6) is 0.991. The van der Waals surface area contributed by atoms with E-state index in [-0.39, 0.29) is 0 Å². The lowest BCUT2D eigenvalue weighted by atomic mass is 9.99. The van der Waals surface area contributed by atoms with Crippen LogP contribution in [0.25, 0.3) is 0 Å². The summed E-state index contributed by atoms with van der Waals surface area (Å²) in [5.41, 5.74) is 0. The van der Waals surface area contributed by atoms with Crippen LogP contribution in [0.2, 0.25) is 0 Å². The van der Waals surface area contributed by atoms with Crippen LogP contribution in [0.5, 0.6) is 0 Å². The number of halogens is 1. The molecule has 0 aromatic carbocycles. The van der Waals surface area contributed by atoms with Gasteiger partial charge in [-0.05, 0) is 53.9 Å². The van der Waals surface area contributed by atoms with Crippen LogP contribution < -0.4 is 5.32 Å². The van der Waals surface area contributed by atoms with E-state index in [1.54, 1.807) is 0 Å². The monoisotopic (exact) mass is 295 g/mol. The highest BCUT2D eigenvalue weighted by Crippen LogP contribution is 2.30. The summed E-state index contributed by atoms with van der Waals surface area (Å²) in [6, 6.07) is 5.29. The van der Waals surface area contributed by atoms with E-state index in [1.165, 1.54) is 38.8 Å². The predicted octanol–water partition coefficient (Wildman–Crippen LogP) is 2.88. The molecule has 2 saturated heterocycles. The predicted molar refractivity (Wildman–Crippen MR) is 73.2 cm³/mol. The largest absolute Gasteiger partial charge is 0.365 e. The molecule has 17 heavy (non-hydrogen) atoms. The summed E-state index contributed by atoms with van der Waals surface area (Å²) in [6.07, 6.45) is 7.18. The topological polar surface area (TPSA) is 28.2 Å². The number of pyridine rings is 1. The average molecular weight is 296 g/mol. The molecule has 2 aliphatic rings. The van der Waals surface area contributed by atoms with Crippen molar-refractivity contribution in [1.29, 1.82) is 0 Å². The van der Waals surface area contributed by atoms with E-state index in [0.717, 1.165) is 16.3 Å². The number of nitrogens with one attached hydrogen (secondary N) is 1. The summed E-state index contributed by atoms with van der Waals surface area (Å²) >= 11 is 3.55. The van der Waals surface area contributed by atoms with Crippen molar-refractivity contribution in [2.45, 2.75) is 37.8 Å². The Morgan fingerprint density at radius 2 is 2.24 bits per heavy atom. The van der Waals surface area contributed by atoms with Crippen molar-refractivity contribution < 1.29 is 0 Å². The van der Waals surface area contributed by atoms with E-state index in [2.05, 4.69) is 31.1 Å². The van der Waals surface area contributed by atoms with Gasteiger partial charge in [-0.25, -0.2) is 4.98 Å². The first-order valence-electron chi connectivity index (χ1n) is 6.46. The summed E-state index contributed by atoms with van der Waals surface area (Å²) in [7, 11) is 0. The van der Waals surface area contributed by atoms with E-state index in [0.29, 0.717) is 6.04 Å². The number of hydrogen-bond donors (Lipinski definition) is 1. The van der Waals surface area contributed by atoms with Crippen molar-refractivity contribution in [2.24, 2.45) is 0 Å². The van der Waals surface area contributed by atoms with Crippen LogP contribution in [0.4, 0.5) is 5.82 Å². The van der Waals surface area contributed by atoms with Gasteiger partial charge in [0.25, 0.3) is 0 Å². The average Bonchev–Trinajstić information content (AvgIpc) is 2.76. The first-order chi connectivity index (χ1) is 8.34. The van der Waals surface area contributed by atoms with Gasteiger partial charge in [0.1, 0.15) is 5.82 Å². The Morgan fingerprint density at radius 1 is 1.29 bits per heavy atom. The van der Waals surface area contributed by atoms with E-state index < -0.39 is 0 Å². The molecule has 0 spiro atoms. The molecular weight excluding hydrogens is 278 g/mol. The number of aromatic nitrogens is 1. The van der Waals surface area contributed by atoms with Gasteiger partial charge < -0.3 is 5.32 Å². The van der Waals surface area contributed by atoms with Gasteiger partial charge in [-0.2, -0.15) is 0 Å². The number of piperidine rings is 1. The molecule has 0 radical (unpaired) electrons. The van der Waals surface area contributed by atoms with Crippen LogP contribution in [0, 0.1) is 0 Å². The molecule has 1 aromatic heterocycles. The van der Waals surface area contributed by atoms with Gasteiger partial charge in [-0.1, -0.05) is 6.42 Å². The molecule has 3 rings (SSSR count). The molecular formula is C13H18BrN3. The normalized spacial score (nSPS) is 29.0. The number of nitrogens with zero attached hydrogens (tertiary/aromatic N) is 2. The van der Waals surface area contributed by atoms with Crippen molar-refractivity contribution in [3.8, 4) is 0 Å². The SMILES string of the molecule is Brc1cccnc1NC1CCN2CCCCC12. The van der Waals surface area contributed by atoms with Crippen LogP contribution in [-0.2, 0) is 0 Å². The maximum atomic E-state index is 4.40. The third-order valence-corrected chi connectivity index (χ3v) is 4.58. The number of rotatable bonds is 2. The molecule has 0 saturated carbocycles. The zero-order valence-corrected chi connectivity index (χ0v) is 11.5. The zero-order valence-electron chi connectivity index (χ0n) is 9.90. The van der Waals surface area contributed by atoms with Crippen LogP contribution >= 0.6 is 15.9 Å². The number of fused-ring (bicyclic) bond motifs is 1. The Hall–Kier alpha value is -0.610. The van der Waals surface area contributed by atoms with Crippen molar-refractivity contribution in [3.05, 3.63) is 22.8 Å². The van der Waals surface area contributed by atoms with Crippen molar-refractivity contribution in [1.82, 2.24) is 9.88 Å². The van der Waals surface area contributed by atoms with Crippen LogP contribution in [0.3, 0.4) is 0 Å². The molecule has 2 atom stereocenters. The fourth-order valence-electron chi connectivity index (χ4n) is 3.08. The fourth-order valence-corrected chi connectivity index (χ4v) is 3.45. The number of hydrogen-bond acceptors (Lipinski definition) is 3. The van der Waals surface area contributed by atoms with Gasteiger partial charge in [0.05, 0.1) is 4.47 Å². The molecule has 3 heterocycles. The Bertz CT molecular complexity index is 396. The first kappa shape index (κ1) is 11.5. The molecule has 2 unspecified atom stereocenters. The molecule has 3 nitrogen and oxygen atoms in total. The van der Waals surface area contributed by atoms with E-state index in [1.807, 2.05) is 18.3 Å². The fraction of sp³-hybridized carbons (Fsp3) is 0.615. The van der Waals surface area contributed by atoms with Gasteiger partial charge in [0, 0.05) is 24.8 Å². The second-order valence-corrected chi connectivity index (χ2v) is 5.83. The highest BCUT2D eigenvalue weighted by Gasteiger charge is 2.35. The van der Waals surface area contributed by atoms with Gasteiger partial charge in [-0.3, -0.25) is 4.90 Å². The van der Waals surface area contributed by atoms with Crippen molar-refractivity contribution in [3.63, 3.8) is 0 Å². The molecule has 1 aromatic rings. The molecule has 0 aliphatic carbocycles. The summed E-state index contributed by atoms with van der Waals surface area (Å²) in [5, 5.41) is 3.61. The first-order valence-corrected chi connectivity index (χ1v) is 7.25. The Labute approximate surface area is 111 Å². The van der Waals surface area contributed by atoms with Crippen molar-refractivity contribution in [2.75, 3.05) is 18.4 Å². The van der Waals surface area contributed by atoms with Crippen LogP contribution in [0.1, 0.15) is 25.7 Å². The highest BCUT2D eigenvalue weighted by molar-refractivity contribution is 9.10. The van der Waals surface area contributed by atoms with Gasteiger partial charge in [-0.15, -0.1) is 0 Å². The Kier molecular flexibility index (Phi) is 3.34. The minimum absolute atomic E-state index is 0.571. The maximum Gasteiger partial charge on any atom is 0.140 e. The highest BCUT2D eigenvalue weighted by atomic mass is 79.9. The molecule has 2 fully saturated rings. The molecule has 1 N–H and O–H groups in total. The molecule has 92 valence electrons. The second-order valence-electron chi connectivity index (χ2n) is 4.97. The molecule has 0 bridgehead atoms. The lowest BCUT2D eigenvalue weighted by Crippen LogP contribution is -2.41. The van der Waals surface area contributed by atoms with Crippen molar-refractivity contribution >= 4 is 21.7 Å². The minimum atomic E-state index is 0.571. The zero-order chi connectivity index (χ0) is 11.7.